The molecule has 2 amide bonds. The molecule has 0 aliphatic carbocycles. The Morgan fingerprint density at radius 3 is 2.44 bits per heavy atom. The number of carbonyl (C=O) groups is 2. The second-order valence-electron chi connectivity index (χ2n) is 5.59. The Morgan fingerprint density at radius 2 is 1.80 bits per heavy atom. The highest BCUT2D eigenvalue weighted by molar-refractivity contribution is 6.23. The first-order valence-corrected chi connectivity index (χ1v) is 7.33. The molecule has 3 heterocycles. The quantitative estimate of drug-likeness (QED) is 0.639. The van der Waals surface area contributed by atoms with Crippen molar-refractivity contribution in [3.63, 3.8) is 0 Å². The van der Waals surface area contributed by atoms with E-state index in [1.807, 2.05) is 7.05 Å². The number of aromatic nitrogens is 4. The lowest BCUT2D eigenvalue weighted by atomic mass is 10.1. The van der Waals surface area contributed by atoms with Crippen LogP contribution in [-0.2, 0) is 7.05 Å². The maximum atomic E-state index is 12.4. The Bertz CT molecular complexity index is 1090. The molecule has 0 bridgehead atoms. The first-order chi connectivity index (χ1) is 12.0. The van der Waals surface area contributed by atoms with Gasteiger partial charge in [0.1, 0.15) is 12.1 Å². The molecular formula is C16H12N6O3. The van der Waals surface area contributed by atoms with E-state index in [9.17, 15) is 14.4 Å². The van der Waals surface area contributed by atoms with Crippen LogP contribution in [0.4, 0.5) is 5.82 Å². The van der Waals surface area contributed by atoms with E-state index in [0.717, 1.165) is 11.6 Å². The topological polar surface area (TPSA) is 125 Å². The summed E-state index contributed by atoms with van der Waals surface area (Å²) in [5.41, 5.74) is 6.81. The number of nitrogens with zero attached hydrogens (tertiary/aromatic N) is 4. The number of amides is 2. The van der Waals surface area contributed by atoms with Crippen LogP contribution in [0, 0.1) is 0 Å². The molecule has 25 heavy (non-hydrogen) atoms. The molecule has 4 rings (SSSR count). The molecule has 1 aliphatic heterocycles. The van der Waals surface area contributed by atoms with Crippen molar-refractivity contribution < 1.29 is 9.59 Å². The van der Waals surface area contributed by atoms with Crippen LogP contribution < -0.4 is 16.6 Å². The maximum absolute atomic E-state index is 12.4. The van der Waals surface area contributed by atoms with Crippen LogP contribution in [0.15, 0.2) is 41.5 Å². The average Bonchev–Trinajstić information content (AvgIpc) is 3.12. The minimum absolute atomic E-state index is 0.000505. The van der Waals surface area contributed by atoms with Crippen molar-refractivity contribution in [3.05, 3.63) is 58.1 Å². The van der Waals surface area contributed by atoms with Crippen LogP contribution in [0.2, 0.25) is 0 Å². The number of anilines is 1. The molecule has 0 fully saturated rings. The average molecular weight is 336 g/mol. The van der Waals surface area contributed by atoms with E-state index in [-0.39, 0.29) is 16.9 Å². The fraction of sp³-hybridized carbons (Fsp3) is 0.0625. The molecule has 9 heteroatoms. The molecular weight excluding hydrogens is 324 g/mol. The van der Waals surface area contributed by atoms with Crippen LogP contribution in [0.25, 0.3) is 17.1 Å². The molecule has 0 spiro atoms. The monoisotopic (exact) mass is 336 g/mol. The molecule has 1 aromatic carbocycles. The first-order valence-electron chi connectivity index (χ1n) is 7.33. The van der Waals surface area contributed by atoms with Gasteiger partial charge in [0, 0.05) is 18.7 Å². The second-order valence-corrected chi connectivity index (χ2v) is 5.59. The third-order valence-electron chi connectivity index (χ3n) is 4.05. The minimum atomic E-state index is -0.617. The highest BCUT2D eigenvalue weighted by Gasteiger charge is 2.31. The van der Waals surface area contributed by atoms with Gasteiger partial charge in [0.2, 0.25) is 0 Å². The van der Waals surface area contributed by atoms with E-state index >= 15 is 0 Å². The number of fused-ring (bicyclic) bond motifs is 1. The van der Waals surface area contributed by atoms with Gasteiger partial charge >= 0.3 is 0 Å². The summed E-state index contributed by atoms with van der Waals surface area (Å²) in [5.74, 6) is -0.626. The number of nitrogen functional groups attached to an aromatic ring is 1. The lowest BCUT2D eigenvalue weighted by Crippen LogP contribution is -2.24. The Labute approximate surface area is 140 Å². The smallest absolute Gasteiger partial charge is 0.262 e. The fourth-order valence-electron chi connectivity index (χ4n) is 2.85. The third kappa shape index (κ3) is 2.13. The third-order valence-corrected chi connectivity index (χ3v) is 4.05. The summed E-state index contributed by atoms with van der Waals surface area (Å²) in [6.45, 7) is 0. The molecule has 1 aliphatic rings. The van der Waals surface area contributed by atoms with Gasteiger partial charge in [-0.15, -0.1) is 10.2 Å². The van der Waals surface area contributed by atoms with Gasteiger partial charge in [-0.25, -0.2) is 0 Å². The summed E-state index contributed by atoms with van der Waals surface area (Å²) in [6, 6.07) is 8.02. The largest absolute Gasteiger partial charge is 0.384 e. The van der Waals surface area contributed by atoms with Crippen LogP contribution in [-0.4, -0.2) is 31.1 Å². The van der Waals surface area contributed by atoms with Crippen LogP contribution >= 0.6 is 0 Å². The number of benzene rings is 1. The Morgan fingerprint density at radius 1 is 1.08 bits per heavy atom. The molecule has 0 saturated heterocycles. The molecule has 2 aromatic heterocycles. The zero-order valence-corrected chi connectivity index (χ0v) is 13.1. The summed E-state index contributed by atoms with van der Waals surface area (Å²) in [7, 11) is 1.82. The Balaban J connectivity index is 1.85. The SMILES string of the molecule is Cn1cnnc1-c1ccc(-n2c(N)c3c(cc2=O)C(=O)NC3=O)cc1. The molecule has 0 saturated carbocycles. The molecule has 3 N–H and O–H groups in total. The summed E-state index contributed by atoms with van der Waals surface area (Å²) < 4.78 is 2.96. The number of hydrogen-bond donors (Lipinski definition) is 2. The number of nitrogens with two attached hydrogens (primary N) is 1. The predicted molar refractivity (Wildman–Crippen MR) is 88.2 cm³/mol. The van der Waals surface area contributed by atoms with Crippen LogP contribution in [0.3, 0.4) is 0 Å². The highest BCUT2D eigenvalue weighted by atomic mass is 16.2. The number of imide groups is 1. The van der Waals surface area contributed by atoms with Gasteiger partial charge < -0.3 is 10.3 Å². The molecule has 124 valence electrons. The zero-order chi connectivity index (χ0) is 17.7. The van der Waals surface area contributed by atoms with E-state index in [0.29, 0.717) is 11.5 Å². The second kappa shape index (κ2) is 5.13. The van der Waals surface area contributed by atoms with Crippen LogP contribution in [0.5, 0.6) is 0 Å². The van der Waals surface area contributed by atoms with E-state index in [4.69, 9.17) is 5.73 Å². The molecule has 3 aromatic rings. The van der Waals surface area contributed by atoms with E-state index in [2.05, 4.69) is 15.5 Å². The summed E-state index contributed by atoms with van der Waals surface area (Å²) >= 11 is 0. The van der Waals surface area contributed by atoms with Crippen molar-refractivity contribution >= 4 is 17.6 Å². The number of hydrogen-bond acceptors (Lipinski definition) is 6. The molecule has 9 nitrogen and oxygen atoms in total. The minimum Gasteiger partial charge on any atom is -0.384 e. The van der Waals surface area contributed by atoms with Gasteiger partial charge in [0.05, 0.1) is 16.8 Å². The highest BCUT2D eigenvalue weighted by Crippen LogP contribution is 2.24. The number of nitrogens with one attached hydrogen (secondary N) is 1. The Hall–Kier alpha value is -3.75. The number of pyridine rings is 1. The van der Waals surface area contributed by atoms with Gasteiger partial charge in [0.15, 0.2) is 5.82 Å². The zero-order valence-electron chi connectivity index (χ0n) is 13.1. The molecule has 0 atom stereocenters. The van der Waals surface area contributed by atoms with Gasteiger partial charge in [-0.1, -0.05) is 0 Å². The normalized spacial score (nSPS) is 13.0. The predicted octanol–water partition coefficient (Wildman–Crippen LogP) is 0.0988. The van der Waals surface area contributed by atoms with Gasteiger partial charge in [-0.3, -0.25) is 24.3 Å². The lowest BCUT2D eigenvalue weighted by Gasteiger charge is -2.12. The van der Waals surface area contributed by atoms with E-state index in [1.54, 1.807) is 35.2 Å². The van der Waals surface area contributed by atoms with Gasteiger partial charge in [-0.05, 0) is 24.3 Å². The summed E-state index contributed by atoms with van der Waals surface area (Å²) in [5, 5.41) is 9.98. The number of carbonyl (C=O) groups excluding carboxylic acids is 2. The first kappa shape index (κ1) is 14.8. The van der Waals surface area contributed by atoms with Crippen molar-refractivity contribution in [2.75, 3.05) is 5.73 Å². The van der Waals surface area contributed by atoms with Crippen molar-refractivity contribution in [2.24, 2.45) is 7.05 Å². The fourth-order valence-corrected chi connectivity index (χ4v) is 2.85. The van der Waals surface area contributed by atoms with Crippen molar-refractivity contribution in [3.8, 4) is 17.1 Å². The summed E-state index contributed by atoms with van der Waals surface area (Å²) in [4.78, 5) is 36.0. The maximum Gasteiger partial charge on any atom is 0.262 e. The number of rotatable bonds is 2. The lowest BCUT2D eigenvalue weighted by molar-refractivity contribution is 0.0880. The van der Waals surface area contributed by atoms with Crippen molar-refractivity contribution in [1.29, 1.82) is 0 Å². The molecule has 0 unspecified atom stereocenters. The van der Waals surface area contributed by atoms with E-state index < -0.39 is 17.4 Å². The van der Waals surface area contributed by atoms with Crippen LogP contribution in [0.1, 0.15) is 20.7 Å². The standard InChI is InChI=1S/C16H12N6O3/c1-21-7-18-20-14(21)8-2-4-9(5-3-8)22-11(23)6-10-12(13(22)17)16(25)19-15(10)24/h2-7H,17H2,1H3,(H,19,24,25). The Kier molecular flexibility index (Phi) is 3.04. The molecule has 0 radical (unpaired) electrons. The summed E-state index contributed by atoms with van der Waals surface area (Å²) in [6.07, 6.45) is 1.59. The van der Waals surface area contributed by atoms with Crippen molar-refractivity contribution in [1.82, 2.24) is 24.6 Å². The van der Waals surface area contributed by atoms with E-state index in [1.165, 1.54) is 4.57 Å². The van der Waals surface area contributed by atoms with Crippen molar-refractivity contribution in [2.45, 2.75) is 0 Å². The number of aryl methyl sites for hydroxylation is 1. The van der Waals surface area contributed by atoms with Gasteiger partial charge in [-0.2, -0.15) is 0 Å². The van der Waals surface area contributed by atoms with Gasteiger partial charge in [0.25, 0.3) is 17.4 Å².